The highest BCUT2D eigenvalue weighted by atomic mass is 32.2. The highest BCUT2D eigenvalue weighted by Gasteiger charge is 2.06. The first-order chi connectivity index (χ1) is 12.2. The summed E-state index contributed by atoms with van der Waals surface area (Å²) < 4.78 is 5.10. The molecule has 0 fully saturated rings. The molecule has 0 spiro atoms. The van der Waals surface area contributed by atoms with Crippen molar-refractivity contribution in [2.45, 2.75) is 10.6 Å². The topological polar surface area (TPSA) is 38.3 Å². The van der Waals surface area contributed by atoms with Crippen molar-refractivity contribution in [2.75, 3.05) is 12.4 Å². The number of carbonyl (C=O) groups excluding carboxylic acids is 1. The van der Waals surface area contributed by atoms with Gasteiger partial charge in [0.05, 0.1) is 7.11 Å². The number of anilines is 1. The van der Waals surface area contributed by atoms with Gasteiger partial charge in [0.1, 0.15) is 5.75 Å². The zero-order valence-corrected chi connectivity index (χ0v) is 14.8. The summed E-state index contributed by atoms with van der Waals surface area (Å²) in [5.41, 5.74) is 2.61. The molecule has 0 heterocycles. The number of methoxy groups -OCH3 is 1. The lowest BCUT2D eigenvalue weighted by Crippen LogP contribution is -2.11. The Kier molecular flexibility index (Phi) is 5.75. The molecule has 3 rings (SSSR count). The van der Waals surface area contributed by atoms with Gasteiger partial charge in [-0.2, -0.15) is 0 Å². The largest absolute Gasteiger partial charge is 0.497 e. The molecule has 3 nitrogen and oxygen atoms in total. The molecule has 1 amide bonds. The summed E-state index contributed by atoms with van der Waals surface area (Å²) in [6, 6.07) is 25.3. The highest BCUT2D eigenvalue weighted by Crippen LogP contribution is 2.23. The molecular formula is C21H19NO2S. The van der Waals surface area contributed by atoms with Gasteiger partial charge in [0.25, 0.3) is 5.91 Å². The number of hydrogen-bond donors (Lipinski definition) is 1. The van der Waals surface area contributed by atoms with Crippen LogP contribution in [0.5, 0.6) is 5.75 Å². The zero-order valence-electron chi connectivity index (χ0n) is 13.9. The number of nitrogens with one attached hydrogen (secondary N) is 1. The summed E-state index contributed by atoms with van der Waals surface area (Å²) in [6.07, 6.45) is 0. The molecule has 25 heavy (non-hydrogen) atoms. The van der Waals surface area contributed by atoms with Gasteiger partial charge in [-0.05, 0) is 54.1 Å². The third-order valence-electron chi connectivity index (χ3n) is 3.71. The Balaban J connectivity index is 1.57. The van der Waals surface area contributed by atoms with Gasteiger partial charge in [0.2, 0.25) is 0 Å². The Labute approximate surface area is 152 Å². The Morgan fingerprint density at radius 2 is 1.60 bits per heavy atom. The Morgan fingerprint density at radius 1 is 0.920 bits per heavy atom. The van der Waals surface area contributed by atoms with Crippen LogP contribution in [0, 0.1) is 0 Å². The van der Waals surface area contributed by atoms with E-state index in [0.717, 1.165) is 17.2 Å². The lowest BCUT2D eigenvalue weighted by Gasteiger charge is -2.07. The molecule has 0 aliphatic rings. The van der Waals surface area contributed by atoms with E-state index in [9.17, 15) is 4.79 Å². The maximum absolute atomic E-state index is 12.3. The molecule has 4 heteroatoms. The number of ether oxygens (including phenoxy) is 1. The van der Waals surface area contributed by atoms with Crippen LogP contribution in [0.4, 0.5) is 5.69 Å². The van der Waals surface area contributed by atoms with E-state index in [1.54, 1.807) is 43.1 Å². The fourth-order valence-electron chi connectivity index (χ4n) is 2.31. The minimum atomic E-state index is -0.130. The quantitative estimate of drug-likeness (QED) is 0.619. The van der Waals surface area contributed by atoms with Crippen LogP contribution in [-0.2, 0) is 5.75 Å². The first-order valence-corrected chi connectivity index (χ1v) is 8.95. The van der Waals surface area contributed by atoms with Crippen LogP contribution < -0.4 is 10.1 Å². The van der Waals surface area contributed by atoms with Crippen molar-refractivity contribution in [3.8, 4) is 5.75 Å². The fraction of sp³-hybridized carbons (Fsp3) is 0.0952. The molecule has 0 aliphatic carbocycles. The van der Waals surface area contributed by atoms with Crippen molar-refractivity contribution in [1.82, 2.24) is 0 Å². The molecule has 0 atom stereocenters. The predicted octanol–water partition coefficient (Wildman–Crippen LogP) is 5.24. The number of benzene rings is 3. The third kappa shape index (κ3) is 4.88. The van der Waals surface area contributed by atoms with Crippen molar-refractivity contribution in [2.24, 2.45) is 0 Å². The number of thioether (sulfide) groups is 1. The van der Waals surface area contributed by atoms with Gasteiger partial charge in [-0.3, -0.25) is 4.79 Å². The molecule has 0 bridgehead atoms. The molecular weight excluding hydrogens is 330 g/mol. The summed E-state index contributed by atoms with van der Waals surface area (Å²) in [7, 11) is 1.60. The molecule has 126 valence electrons. The van der Waals surface area contributed by atoms with E-state index in [-0.39, 0.29) is 5.91 Å². The first kappa shape index (κ1) is 17.1. The van der Waals surface area contributed by atoms with Crippen molar-refractivity contribution >= 4 is 23.4 Å². The highest BCUT2D eigenvalue weighted by molar-refractivity contribution is 7.98. The monoisotopic (exact) mass is 349 g/mol. The van der Waals surface area contributed by atoms with Gasteiger partial charge in [-0.25, -0.2) is 0 Å². The summed E-state index contributed by atoms with van der Waals surface area (Å²) in [5, 5.41) is 2.91. The fourth-order valence-corrected chi connectivity index (χ4v) is 3.19. The minimum Gasteiger partial charge on any atom is -0.497 e. The average molecular weight is 349 g/mol. The van der Waals surface area contributed by atoms with Crippen LogP contribution in [0.3, 0.4) is 0 Å². The van der Waals surface area contributed by atoms with E-state index in [4.69, 9.17) is 4.74 Å². The van der Waals surface area contributed by atoms with Crippen LogP contribution in [0.25, 0.3) is 0 Å². The number of carbonyl (C=O) groups is 1. The Hall–Kier alpha value is -2.72. The maximum Gasteiger partial charge on any atom is 0.255 e. The van der Waals surface area contributed by atoms with Crippen molar-refractivity contribution in [3.05, 3.63) is 90.0 Å². The van der Waals surface area contributed by atoms with E-state index >= 15 is 0 Å². The van der Waals surface area contributed by atoms with E-state index in [1.165, 1.54) is 10.5 Å². The second kappa shape index (κ2) is 8.40. The molecule has 3 aromatic carbocycles. The van der Waals surface area contributed by atoms with Crippen molar-refractivity contribution in [1.29, 1.82) is 0 Å². The average Bonchev–Trinajstić information content (AvgIpc) is 2.68. The van der Waals surface area contributed by atoms with Crippen LogP contribution in [-0.4, -0.2) is 13.0 Å². The van der Waals surface area contributed by atoms with Crippen LogP contribution in [0.1, 0.15) is 15.9 Å². The van der Waals surface area contributed by atoms with E-state index < -0.39 is 0 Å². The summed E-state index contributed by atoms with van der Waals surface area (Å²) in [6.45, 7) is 0. The van der Waals surface area contributed by atoms with E-state index in [1.807, 2.05) is 42.5 Å². The van der Waals surface area contributed by atoms with E-state index in [2.05, 4.69) is 17.4 Å². The van der Waals surface area contributed by atoms with Gasteiger partial charge in [-0.1, -0.05) is 30.3 Å². The normalized spacial score (nSPS) is 10.3. The lowest BCUT2D eigenvalue weighted by molar-refractivity contribution is 0.102. The molecule has 1 N–H and O–H groups in total. The van der Waals surface area contributed by atoms with Gasteiger partial charge in [0, 0.05) is 21.9 Å². The molecule has 0 radical (unpaired) electrons. The Morgan fingerprint density at radius 3 is 2.24 bits per heavy atom. The molecule has 0 aromatic heterocycles. The predicted molar refractivity (Wildman–Crippen MR) is 103 cm³/mol. The van der Waals surface area contributed by atoms with Crippen molar-refractivity contribution < 1.29 is 9.53 Å². The standard InChI is InChI=1S/C21H19NO2S/c1-24-19-13-9-17(10-14-19)21(23)22-18-11-7-16(8-12-18)15-25-20-5-3-2-4-6-20/h2-14H,15H2,1H3,(H,22,23). The van der Waals surface area contributed by atoms with Gasteiger partial charge < -0.3 is 10.1 Å². The van der Waals surface area contributed by atoms with Crippen LogP contribution in [0.15, 0.2) is 83.8 Å². The number of hydrogen-bond acceptors (Lipinski definition) is 3. The molecule has 0 aliphatic heterocycles. The Bertz CT molecular complexity index is 815. The summed E-state index contributed by atoms with van der Waals surface area (Å²) >= 11 is 1.79. The number of rotatable bonds is 6. The van der Waals surface area contributed by atoms with Crippen molar-refractivity contribution in [3.63, 3.8) is 0 Å². The van der Waals surface area contributed by atoms with Crippen LogP contribution in [0.2, 0.25) is 0 Å². The zero-order chi connectivity index (χ0) is 17.5. The second-order valence-electron chi connectivity index (χ2n) is 5.48. The van der Waals surface area contributed by atoms with Crippen LogP contribution >= 0.6 is 11.8 Å². The van der Waals surface area contributed by atoms with Gasteiger partial charge in [0.15, 0.2) is 0 Å². The molecule has 0 saturated carbocycles. The van der Waals surface area contributed by atoms with Gasteiger partial charge in [-0.15, -0.1) is 11.8 Å². The first-order valence-electron chi connectivity index (χ1n) is 7.97. The molecule has 3 aromatic rings. The molecule has 0 unspecified atom stereocenters. The molecule has 0 saturated heterocycles. The lowest BCUT2D eigenvalue weighted by atomic mass is 10.2. The summed E-state index contributed by atoms with van der Waals surface area (Å²) in [4.78, 5) is 13.5. The summed E-state index contributed by atoms with van der Waals surface area (Å²) in [5.74, 6) is 1.50. The van der Waals surface area contributed by atoms with Gasteiger partial charge >= 0.3 is 0 Å². The van der Waals surface area contributed by atoms with E-state index in [0.29, 0.717) is 5.56 Å². The maximum atomic E-state index is 12.3. The number of amides is 1. The second-order valence-corrected chi connectivity index (χ2v) is 6.53. The minimum absolute atomic E-state index is 0.130. The smallest absolute Gasteiger partial charge is 0.255 e. The third-order valence-corrected chi connectivity index (χ3v) is 4.80. The SMILES string of the molecule is COc1ccc(C(=O)Nc2ccc(CSc3ccccc3)cc2)cc1.